The zero-order valence-electron chi connectivity index (χ0n) is 14.7. The highest BCUT2D eigenvalue weighted by molar-refractivity contribution is 7.89. The molecule has 0 amide bonds. The highest BCUT2D eigenvalue weighted by Crippen LogP contribution is 2.35. The summed E-state index contributed by atoms with van der Waals surface area (Å²) in [5, 5.41) is 0. The van der Waals surface area contributed by atoms with Crippen LogP contribution in [0.4, 0.5) is 4.39 Å². The first-order valence-electron chi connectivity index (χ1n) is 8.74. The van der Waals surface area contributed by atoms with Crippen LogP contribution in [0.3, 0.4) is 0 Å². The minimum Gasteiger partial charge on any atom is -0.207 e. The van der Waals surface area contributed by atoms with Crippen LogP contribution in [-0.2, 0) is 10.0 Å². The van der Waals surface area contributed by atoms with Crippen LogP contribution in [0.1, 0.15) is 48.4 Å². The third-order valence-electron chi connectivity index (χ3n) is 5.02. The van der Waals surface area contributed by atoms with Gasteiger partial charge in [0, 0.05) is 6.54 Å². The lowest BCUT2D eigenvalue weighted by Gasteiger charge is -2.29. The smallest absolute Gasteiger partial charge is 0.207 e. The molecule has 0 aromatic heterocycles. The SMILES string of the molecule is Cc1ccc(S(=O)(=O)N2CCCCC[C@H]2c2cccc(F)c2)cc1C. The van der Waals surface area contributed by atoms with Gasteiger partial charge in [0.15, 0.2) is 0 Å². The van der Waals surface area contributed by atoms with E-state index in [1.54, 1.807) is 22.5 Å². The van der Waals surface area contributed by atoms with E-state index in [-0.39, 0.29) is 11.9 Å². The molecule has 0 spiro atoms. The van der Waals surface area contributed by atoms with Crippen molar-refractivity contribution in [3.63, 3.8) is 0 Å². The van der Waals surface area contributed by atoms with Crippen LogP contribution >= 0.6 is 0 Å². The van der Waals surface area contributed by atoms with Gasteiger partial charge in [0.05, 0.1) is 10.9 Å². The molecule has 2 aromatic carbocycles. The summed E-state index contributed by atoms with van der Waals surface area (Å²) in [5.41, 5.74) is 2.75. The summed E-state index contributed by atoms with van der Waals surface area (Å²) in [6.45, 7) is 4.35. The van der Waals surface area contributed by atoms with E-state index in [1.807, 2.05) is 26.0 Å². The van der Waals surface area contributed by atoms with E-state index in [9.17, 15) is 12.8 Å². The molecular formula is C20H24FNO2S. The second-order valence-electron chi connectivity index (χ2n) is 6.78. The molecular weight excluding hydrogens is 337 g/mol. The van der Waals surface area contributed by atoms with Gasteiger partial charge in [-0.1, -0.05) is 31.0 Å². The van der Waals surface area contributed by atoms with Crippen LogP contribution in [0, 0.1) is 19.7 Å². The maximum absolute atomic E-state index is 13.7. The number of rotatable bonds is 3. The normalized spacial score (nSPS) is 19.6. The maximum Gasteiger partial charge on any atom is 0.243 e. The first kappa shape index (κ1) is 18.1. The fourth-order valence-electron chi connectivity index (χ4n) is 3.43. The number of hydrogen-bond acceptors (Lipinski definition) is 2. The Bertz CT molecular complexity index is 864. The Balaban J connectivity index is 2.04. The summed E-state index contributed by atoms with van der Waals surface area (Å²) in [4.78, 5) is 0.318. The van der Waals surface area contributed by atoms with E-state index in [1.165, 1.54) is 12.1 Å². The van der Waals surface area contributed by atoms with E-state index < -0.39 is 10.0 Å². The van der Waals surface area contributed by atoms with E-state index in [0.717, 1.165) is 36.0 Å². The molecule has 25 heavy (non-hydrogen) atoms. The Morgan fingerprint density at radius 3 is 2.52 bits per heavy atom. The summed E-state index contributed by atoms with van der Waals surface area (Å²) in [6.07, 6.45) is 3.48. The molecule has 1 aliphatic rings. The zero-order chi connectivity index (χ0) is 18.0. The first-order valence-corrected chi connectivity index (χ1v) is 10.2. The lowest BCUT2D eigenvalue weighted by molar-refractivity contribution is 0.328. The fraction of sp³-hybridized carbons (Fsp3) is 0.400. The van der Waals surface area contributed by atoms with E-state index in [4.69, 9.17) is 0 Å². The predicted octanol–water partition coefficient (Wildman–Crippen LogP) is 4.75. The molecule has 134 valence electrons. The van der Waals surface area contributed by atoms with E-state index in [0.29, 0.717) is 17.9 Å². The lowest BCUT2D eigenvalue weighted by atomic mass is 10.0. The molecule has 1 atom stereocenters. The predicted molar refractivity (Wildman–Crippen MR) is 97.4 cm³/mol. The average molecular weight is 361 g/mol. The van der Waals surface area contributed by atoms with Gasteiger partial charge in [-0.05, 0) is 67.6 Å². The van der Waals surface area contributed by atoms with Crippen LogP contribution in [0.25, 0.3) is 0 Å². The van der Waals surface area contributed by atoms with Gasteiger partial charge in [0.25, 0.3) is 0 Å². The number of benzene rings is 2. The van der Waals surface area contributed by atoms with Crippen LogP contribution in [0.2, 0.25) is 0 Å². The molecule has 1 saturated heterocycles. The molecule has 3 nitrogen and oxygen atoms in total. The highest BCUT2D eigenvalue weighted by Gasteiger charge is 2.33. The van der Waals surface area contributed by atoms with Crippen molar-refractivity contribution in [3.05, 3.63) is 65.0 Å². The molecule has 1 heterocycles. The molecule has 0 N–H and O–H groups in total. The minimum absolute atomic E-state index is 0.315. The Labute approximate surface area is 149 Å². The quantitative estimate of drug-likeness (QED) is 0.791. The second kappa shape index (κ2) is 7.26. The third-order valence-corrected chi connectivity index (χ3v) is 6.93. The van der Waals surface area contributed by atoms with Gasteiger partial charge in [0.2, 0.25) is 10.0 Å². The van der Waals surface area contributed by atoms with Crippen molar-refractivity contribution in [1.82, 2.24) is 4.31 Å². The van der Waals surface area contributed by atoms with E-state index in [2.05, 4.69) is 0 Å². The largest absolute Gasteiger partial charge is 0.243 e. The molecule has 0 unspecified atom stereocenters. The number of aryl methyl sites for hydroxylation is 2. The summed E-state index contributed by atoms with van der Waals surface area (Å²) in [6, 6.07) is 11.3. The van der Waals surface area contributed by atoms with Crippen LogP contribution in [0.5, 0.6) is 0 Å². The number of nitrogens with zero attached hydrogens (tertiary/aromatic N) is 1. The van der Waals surface area contributed by atoms with Crippen molar-refractivity contribution < 1.29 is 12.8 Å². The fourth-order valence-corrected chi connectivity index (χ4v) is 5.19. The van der Waals surface area contributed by atoms with Gasteiger partial charge in [-0.25, -0.2) is 12.8 Å². The zero-order valence-corrected chi connectivity index (χ0v) is 15.5. The Hall–Kier alpha value is -1.72. The van der Waals surface area contributed by atoms with Crippen molar-refractivity contribution in [2.24, 2.45) is 0 Å². The molecule has 0 radical (unpaired) electrons. The van der Waals surface area contributed by atoms with Gasteiger partial charge in [0.1, 0.15) is 5.82 Å². The van der Waals surface area contributed by atoms with Crippen LogP contribution in [-0.4, -0.2) is 19.3 Å². The van der Waals surface area contributed by atoms with Crippen molar-refractivity contribution in [3.8, 4) is 0 Å². The van der Waals surface area contributed by atoms with Gasteiger partial charge in [-0.3, -0.25) is 0 Å². The molecule has 5 heteroatoms. The summed E-state index contributed by atoms with van der Waals surface area (Å²) in [5.74, 6) is -0.328. The Morgan fingerprint density at radius 1 is 1.00 bits per heavy atom. The molecule has 0 bridgehead atoms. The van der Waals surface area contributed by atoms with Crippen molar-refractivity contribution >= 4 is 10.0 Å². The molecule has 0 saturated carbocycles. The monoisotopic (exact) mass is 361 g/mol. The van der Waals surface area contributed by atoms with E-state index >= 15 is 0 Å². The molecule has 3 rings (SSSR count). The third kappa shape index (κ3) is 3.77. The average Bonchev–Trinajstić information content (AvgIpc) is 2.83. The van der Waals surface area contributed by atoms with Gasteiger partial charge >= 0.3 is 0 Å². The lowest BCUT2D eigenvalue weighted by Crippen LogP contribution is -2.35. The maximum atomic E-state index is 13.7. The summed E-state index contributed by atoms with van der Waals surface area (Å²) in [7, 11) is -3.62. The molecule has 1 aliphatic heterocycles. The van der Waals surface area contributed by atoms with Gasteiger partial charge in [-0.15, -0.1) is 0 Å². The minimum atomic E-state index is -3.62. The van der Waals surface area contributed by atoms with Crippen LogP contribution < -0.4 is 0 Å². The standard InChI is InChI=1S/C20H24FNO2S/c1-15-10-11-19(13-16(15)2)25(23,24)22-12-5-3-4-9-20(22)17-7-6-8-18(21)14-17/h6-8,10-11,13-14,20H,3-5,9,12H2,1-2H3/t20-/m0/s1. The Morgan fingerprint density at radius 2 is 1.80 bits per heavy atom. The molecule has 2 aromatic rings. The summed E-state index contributed by atoms with van der Waals surface area (Å²) < 4.78 is 41.9. The number of sulfonamides is 1. The summed E-state index contributed by atoms with van der Waals surface area (Å²) >= 11 is 0. The van der Waals surface area contributed by atoms with Gasteiger partial charge < -0.3 is 0 Å². The first-order chi connectivity index (χ1) is 11.9. The molecule has 1 fully saturated rings. The van der Waals surface area contributed by atoms with Crippen molar-refractivity contribution in [2.75, 3.05) is 6.54 Å². The number of hydrogen-bond donors (Lipinski definition) is 0. The second-order valence-corrected chi connectivity index (χ2v) is 8.67. The van der Waals surface area contributed by atoms with Gasteiger partial charge in [-0.2, -0.15) is 4.31 Å². The highest BCUT2D eigenvalue weighted by atomic mass is 32.2. The van der Waals surface area contributed by atoms with Crippen molar-refractivity contribution in [2.45, 2.75) is 50.5 Å². The number of halogens is 1. The van der Waals surface area contributed by atoms with Crippen molar-refractivity contribution in [1.29, 1.82) is 0 Å². The topological polar surface area (TPSA) is 37.4 Å². The molecule has 0 aliphatic carbocycles. The van der Waals surface area contributed by atoms with Crippen LogP contribution in [0.15, 0.2) is 47.4 Å². The Kier molecular flexibility index (Phi) is 5.25.